The average Bonchev–Trinajstić information content (AvgIpc) is 2.69. The van der Waals surface area contributed by atoms with E-state index in [0.29, 0.717) is 12.6 Å². The van der Waals surface area contributed by atoms with E-state index >= 15 is 0 Å². The Kier molecular flexibility index (Phi) is 8.01. The highest BCUT2D eigenvalue weighted by Gasteiger charge is 2.21. The van der Waals surface area contributed by atoms with Gasteiger partial charge in [0, 0.05) is 37.7 Å². The number of nitrogens with zero attached hydrogens (tertiary/aromatic N) is 2. The second-order valence-electron chi connectivity index (χ2n) is 7.78. The van der Waals surface area contributed by atoms with Crippen molar-refractivity contribution in [1.29, 1.82) is 0 Å². The molecule has 1 aromatic carbocycles. The molecule has 1 atom stereocenters. The van der Waals surface area contributed by atoms with Gasteiger partial charge in [-0.1, -0.05) is 36.8 Å². The lowest BCUT2D eigenvalue weighted by molar-refractivity contribution is 0.112. The van der Waals surface area contributed by atoms with Gasteiger partial charge >= 0.3 is 0 Å². The highest BCUT2D eigenvalue weighted by molar-refractivity contribution is 5.36. The van der Waals surface area contributed by atoms with Crippen LogP contribution in [0.4, 0.5) is 0 Å². The molecular formula is C23H34N2O. The monoisotopic (exact) mass is 354 g/mol. The molecule has 0 bridgehead atoms. The third-order valence-electron chi connectivity index (χ3n) is 5.79. The molecule has 1 N–H and O–H groups in total. The Morgan fingerprint density at radius 3 is 2.50 bits per heavy atom. The maximum Gasteiger partial charge on any atom is 0.0445 e. The molecule has 0 aliphatic carbocycles. The molecule has 2 heterocycles. The number of aliphatic hydroxyl groups excluding tert-OH is 1. The summed E-state index contributed by atoms with van der Waals surface area (Å²) in [6, 6.07) is 9.31. The van der Waals surface area contributed by atoms with E-state index in [2.05, 4.69) is 45.9 Å². The van der Waals surface area contributed by atoms with Crippen molar-refractivity contribution >= 4 is 0 Å². The maximum absolute atomic E-state index is 9.28. The number of aliphatic hydroxyl groups is 1. The van der Waals surface area contributed by atoms with Gasteiger partial charge in [0.15, 0.2) is 0 Å². The molecule has 3 rings (SSSR count). The van der Waals surface area contributed by atoms with Gasteiger partial charge in [0.05, 0.1) is 0 Å². The Morgan fingerprint density at radius 1 is 0.962 bits per heavy atom. The second kappa shape index (κ2) is 10.7. The van der Waals surface area contributed by atoms with Crippen molar-refractivity contribution in [2.24, 2.45) is 0 Å². The Bertz CT molecular complexity index is 578. The summed E-state index contributed by atoms with van der Waals surface area (Å²) in [7, 11) is 0. The summed E-state index contributed by atoms with van der Waals surface area (Å²) in [5.74, 6) is 6.66. The first-order chi connectivity index (χ1) is 12.8. The second-order valence-corrected chi connectivity index (χ2v) is 7.78. The van der Waals surface area contributed by atoms with E-state index in [-0.39, 0.29) is 0 Å². The number of hydrogen-bond acceptors (Lipinski definition) is 3. The van der Waals surface area contributed by atoms with Crippen LogP contribution in [0.1, 0.15) is 62.5 Å². The fourth-order valence-corrected chi connectivity index (χ4v) is 4.23. The molecule has 2 fully saturated rings. The van der Waals surface area contributed by atoms with Crippen molar-refractivity contribution in [2.75, 3.05) is 32.8 Å². The molecular weight excluding hydrogens is 320 g/mol. The summed E-state index contributed by atoms with van der Waals surface area (Å²) in [6.45, 7) is 6.07. The van der Waals surface area contributed by atoms with Crippen LogP contribution in [0.25, 0.3) is 0 Å². The van der Waals surface area contributed by atoms with Gasteiger partial charge in [-0.3, -0.25) is 4.90 Å². The Balaban J connectivity index is 1.46. The Hall–Kier alpha value is -1.34. The molecule has 2 aliphatic rings. The minimum absolute atomic E-state index is 0.299. The molecule has 2 aliphatic heterocycles. The first kappa shape index (κ1) is 19.4. The van der Waals surface area contributed by atoms with Crippen LogP contribution in [-0.4, -0.2) is 53.7 Å². The number of hydrogen-bond donors (Lipinski definition) is 1. The summed E-state index contributed by atoms with van der Waals surface area (Å²) in [5, 5.41) is 9.28. The molecule has 1 aromatic rings. The van der Waals surface area contributed by atoms with Crippen molar-refractivity contribution in [3.05, 3.63) is 35.4 Å². The van der Waals surface area contributed by atoms with Crippen LogP contribution in [-0.2, 0) is 6.54 Å². The van der Waals surface area contributed by atoms with E-state index in [0.717, 1.165) is 38.0 Å². The maximum atomic E-state index is 9.28. The minimum Gasteiger partial charge on any atom is -0.396 e. The van der Waals surface area contributed by atoms with E-state index in [1.807, 2.05) is 0 Å². The lowest BCUT2D eigenvalue weighted by Gasteiger charge is -2.35. The fourth-order valence-electron chi connectivity index (χ4n) is 4.23. The van der Waals surface area contributed by atoms with Crippen molar-refractivity contribution < 1.29 is 5.11 Å². The SMILES string of the molecule is OCCC1CCCCN1Cc1ccc(C#CCCN2CCCCC2)cc1. The summed E-state index contributed by atoms with van der Waals surface area (Å²) < 4.78 is 0. The average molecular weight is 355 g/mol. The van der Waals surface area contributed by atoms with Gasteiger partial charge in [0.1, 0.15) is 0 Å². The predicted molar refractivity (Wildman–Crippen MR) is 108 cm³/mol. The summed E-state index contributed by atoms with van der Waals surface area (Å²) in [6.07, 6.45) is 9.78. The number of likely N-dealkylation sites (tertiary alicyclic amines) is 2. The molecule has 2 saturated heterocycles. The van der Waals surface area contributed by atoms with Crippen LogP contribution < -0.4 is 0 Å². The quantitative estimate of drug-likeness (QED) is 0.790. The Labute approximate surface area is 159 Å². The largest absolute Gasteiger partial charge is 0.396 e. The standard InChI is InChI=1S/C23H34N2O/c26-19-14-23-9-3-7-18-25(23)20-22-12-10-21(11-13-22)8-2-6-17-24-15-4-1-5-16-24/h10-13,23,26H,1,3-7,9,14-20H2. The van der Waals surface area contributed by atoms with Gasteiger partial charge in [0.25, 0.3) is 0 Å². The summed E-state index contributed by atoms with van der Waals surface area (Å²) in [5.41, 5.74) is 2.48. The van der Waals surface area contributed by atoms with Gasteiger partial charge in [0.2, 0.25) is 0 Å². The van der Waals surface area contributed by atoms with Crippen LogP contribution in [0.5, 0.6) is 0 Å². The zero-order valence-electron chi connectivity index (χ0n) is 16.1. The molecule has 0 saturated carbocycles. The topological polar surface area (TPSA) is 26.7 Å². The van der Waals surface area contributed by atoms with Gasteiger partial charge in [-0.2, -0.15) is 0 Å². The molecule has 0 radical (unpaired) electrons. The molecule has 1 unspecified atom stereocenters. The van der Waals surface area contributed by atoms with Crippen molar-refractivity contribution in [1.82, 2.24) is 9.80 Å². The summed E-state index contributed by atoms with van der Waals surface area (Å²) >= 11 is 0. The normalized spacial score (nSPS) is 22.0. The molecule has 0 amide bonds. The smallest absolute Gasteiger partial charge is 0.0445 e. The first-order valence-electron chi connectivity index (χ1n) is 10.5. The van der Waals surface area contributed by atoms with Crippen LogP contribution in [0.15, 0.2) is 24.3 Å². The van der Waals surface area contributed by atoms with Gasteiger partial charge in [-0.25, -0.2) is 0 Å². The molecule has 0 spiro atoms. The fraction of sp³-hybridized carbons (Fsp3) is 0.652. The lowest BCUT2D eigenvalue weighted by atomic mass is 9.98. The predicted octanol–water partition coefficient (Wildman–Crippen LogP) is 3.65. The van der Waals surface area contributed by atoms with Crippen LogP contribution in [0.3, 0.4) is 0 Å². The molecule has 3 nitrogen and oxygen atoms in total. The highest BCUT2D eigenvalue weighted by atomic mass is 16.3. The third-order valence-corrected chi connectivity index (χ3v) is 5.79. The zero-order chi connectivity index (χ0) is 18.0. The van der Waals surface area contributed by atoms with Crippen LogP contribution >= 0.6 is 0 Å². The highest BCUT2D eigenvalue weighted by Crippen LogP contribution is 2.21. The van der Waals surface area contributed by atoms with Crippen molar-refractivity contribution in [3.63, 3.8) is 0 Å². The van der Waals surface area contributed by atoms with E-state index < -0.39 is 0 Å². The number of rotatable bonds is 6. The third kappa shape index (κ3) is 6.13. The molecule has 26 heavy (non-hydrogen) atoms. The van der Waals surface area contributed by atoms with E-state index in [1.165, 1.54) is 57.2 Å². The van der Waals surface area contributed by atoms with E-state index in [1.54, 1.807) is 0 Å². The number of benzene rings is 1. The molecule has 3 heteroatoms. The van der Waals surface area contributed by atoms with E-state index in [4.69, 9.17) is 0 Å². The van der Waals surface area contributed by atoms with Crippen molar-refractivity contribution in [3.8, 4) is 11.8 Å². The lowest BCUT2D eigenvalue weighted by Crippen LogP contribution is -2.39. The van der Waals surface area contributed by atoms with E-state index in [9.17, 15) is 5.11 Å². The van der Waals surface area contributed by atoms with Gasteiger partial charge < -0.3 is 10.0 Å². The van der Waals surface area contributed by atoms with Crippen LogP contribution in [0, 0.1) is 11.8 Å². The van der Waals surface area contributed by atoms with Crippen LogP contribution in [0.2, 0.25) is 0 Å². The van der Waals surface area contributed by atoms with Gasteiger partial charge in [-0.05, 0) is 69.4 Å². The number of piperidine rings is 2. The minimum atomic E-state index is 0.299. The summed E-state index contributed by atoms with van der Waals surface area (Å²) in [4.78, 5) is 5.09. The molecule has 142 valence electrons. The Morgan fingerprint density at radius 2 is 1.73 bits per heavy atom. The first-order valence-corrected chi connectivity index (χ1v) is 10.5. The zero-order valence-corrected chi connectivity index (χ0v) is 16.1. The van der Waals surface area contributed by atoms with Crippen molar-refractivity contribution in [2.45, 2.75) is 64.0 Å². The van der Waals surface area contributed by atoms with Gasteiger partial charge in [-0.15, -0.1) is 0 Å². The molecule has 0 aromatic heterocycles.